The third kappa shape index (κ3) is 1.55. The van der Waals surface area contributed by atoms with Gasteiger partial charge in [-0.15, -0.1) is 0 Å². The van der Waals surface area contributed by atoms with E-state index in [4.69, 9.17) is 5.73 Å². The molecule has 0 aliphatic rings. The molecule has 0 saturated carbocycles. The average molecular weight is 186 g/mol. The van der Waals surface area contributed by atoms with Crippen molar-refractivity contribution in [2.24, 2.45) is 0 Å². The Morgan fingerprint density at radius 2 is 2.07 bits per heavy atom. The number of fused-ring (bicyclic) bond motifs is 1. The second-order valence-corrected chi connectivity index (χ2v) is 3.47. The van der Waals surface area contributed by atoms with Crippen molar-refractivity contribution in [1.29, 1.82) is 0 Å². The molecular formula is C12H14N2. The molecule has 0 fully saturated rings. The lowest BCUT2D eigenvalue weighted by molar-refractivity contribution is 0.929. The van der Waals surface area contributed by atoms with Crippen LogP contribution in [0.3, 0.4) is 0 Å². The average Bonchev–Trinajstić information content (AvgIpc) is 2.18. The van der Waals surface area contributed by atoms with Gasteiger partial charge >= 0.3 is 0 Å². The van der Waals surface area contributed by atoms with Gasteiger partial charge < -0.3 is 5.73 Å². The highest BCUT2D eigenvalue weighted by Gasteiger charge is 2.00. The maximum atomic E-state index is 5.64. The number of nitrogens with two attached hydrogens (primary N) is 1. The molecule has 72 valence electrons. The third-order valence-electron chi connectivity index (χ3n) is 2.36. The second-order valence-electron chi connectivity index (χ2n) is 3.47. The Kier molecular flexibility index (Phi) is 2.35. The van der Waals surface area contributed by atoms with Gasteiger partial charge in [0.1, 0.15) is 5.82 Å². The molecule has 0 saturated heterocycles. The van der Waals surface area contributed by atoms with Crippen LogP contribution in [-0.4, -0.2) is 4.98 Å². The molecule has 0 bridgehead atoms. The number of anilines is 1. The molecule has 0 atom stereocenters. The summed E-state index contributed by atoms with van der Waals surface area (Å²) >= 11 is 0. The Balaban J connectivity index is 2.62. The van der Waals surface area contributed by atoms with E-state index in [9.17, 15) is 0 Å². The number of rotatable bonds is 2. The minimum atomic E-state index is 0.589. The van der Waals surface area contributed by atoms with Gasteiger partial charge in [0.2, 0.25) is 0 Å². The standard InChI is InChI=1S/C12H14N2/c1-2-4-9-5-3-6-11-10(9)7-8-12(13)14-11/h3,5-8H,2,4H2,1H3,(H2,13,14). The fourth-order valence-electron chi connectivity index (χ4n) is 1.72. The van der Waals surface area contributed by atoms with Crippen LogP contribution in [0.5, 0.6) is 0 Å². The van der Waals surface area contributed by atoms with Gasteiger partial charge in [0.15, 0.2) is 0 Å². The first-order chi connectivity index (χ1) is 6.81. The minimum Gasteiger partial charge on any atom is -0.384 e. The molecule has 2 heteroatoms. The molecule has 0 aliphatic carbocycles. The highest BCUT2D eigenvalue weighted by Crippen LogP contribution is 2.19. The van der Waals surface area contributed by atoms with E-state index in [1.165, 1.54) is 10.9 Å². The van der Waals surface area contributed by atoms with Crippen molar-refractivity contribution < 1.29 is 0 Å². The Morgan fingerprint density at radius 3 is 2.86 bits per heavy atom. The van der Waals surface area contributed by atoms with Crippen LogP contribution in [0.25, 0.3) is 10.9 Å². The Bertz CT molecular complexity index is 449. The zero-order chi connectivity index (χ0) is 9.97. The summed E-state index contributed by atoms with van der Waals surface area (Å²) in [4.78, 5) is 4.30. The molecule has 0 amide bonds. The van der Waals surface area contributed by atoms with E-state index < -0.39 is 0 Å². The van der Waals surface area contributed by atoms with Gasteiger partial charge in [-0.05, 0) is 30.2 Å². The molecular weight excluding hydrogens is 172 g/mol. The van der Waals surface area contributed by atoms with Gasteiger partial charge in [-0.25, -0.2) is 4.98 Å². The third-order valence-corrected chi connectivity index (χ3v) is 2.36. The maximum absolute atomic E-state index is 5.64. The molecule has 2 nitrogen and oxygen atoms in total. The lowest BCUT2D eigenvalue weighted by Crippen LogP contribution is -1.92. The van der Waals surface area contributed by atoms with Crippen LogP contribution in [0.2, 0.25) is 0 Å². The number of nitrogens with zero attached hydrogens (tertiary/aromatic N) is 1. The van der Waals surface area contributed by atoms with Crippen molar-refractivity contribution in [3.05, 3.63) is 35.9 Å². The van der Waals surface area contributed by atoms with E-state index in [0.29, 0.717) is 5.82 Å². The van der Waals surface area contributed by atoms with Gasteiger partial charge in [0.25, 0.3) is 0 Å². The summed E-state index contributed by atoms with van der Waals surface area (Å²) in [5, 5.41) is 1.23. The van der Waals surface area contributed by atoms with Gasteiger partial charge in [-0.1, -0.05) is 25.5 Å². The number of aromatic nitrogens is 1. The van der Waals surface area contributed by atoms with Crippen LogP contribution in [0.15, 0.2) is 30.3 Å². The normalized spacial score (nSPS) is 10.6. The number of aryl methyl sites for hydroxylation is 1. The topological polar surface area (TPSA) is 38.9 Å². The first-order valence-electron chi connectivity index (χ1n) is 4.95. The van der Waals surface area contributed by atoms with Crippen LogP contribution in [0.1, 0.15) is 18.9 Å². The number of pyridine rings is 1. The van der Waals surface area contributed by atoms with E-state index in [0.717, 1.165) is 18.4 Å². The van der Waals surface area contributed by atoms with Crippen molar-refractivity contribution in [2.75, 3.05) is 5.73 Å². The Morgan fingerprint density at radius 1 is 1.21 bits per heavy atom. The Hall–Kier alpha value is -1.57. The smallest absolute Gasteiger partial charge is 0.124 e. The Labute approximate surface area is 83.8 Å². The predicted octanol–water partition coefficient (Wildman–Crippen LogP) is 2.77. The molecule has 1 aromatic heterocycles. The monoisotopic (exact) mass is 186 g/mol. The largest absolute Gasteiger partial charge is 0.384 e. The van der Waals surface area contributed by atoms with Gasteiger partial charge in [-0.2, -0.15) is 0 Å². The second kappa shape index (κ2) is 3.66. The summed E-state index contributed by atoms with van der Waals surface area (Å²) < 4.78 is 0. The van der Waals surface area contributed by atoms with Crippen molar-refractivity contribution in [1.82, 2.24) is 4.98 Å². The SMILES string of the molecule is CCCc1cccc2nc(N)ccc12. The molecule has 0 unspecified atom stereocenters. The zero-order valence-electron chi connectivity index (χ0n) is 8.33. The molecule has 0 spiro atoms. The lowest BCUT2D eigenvalue weighted by atomic mass is 10.0. The molecule has 1 heterocycles. The number of benzene rings is 1. The van der Waals surface area contributed by atoms with E-state index in [-0.39, 0.29) is 0 Å². The summed E-state index contributed by atoms with van der Waals surface area (Å²) in [6.07, 6.45) is 2.26. The molecule has 0 aliphatic heterocycles. The van der Waals surface area contributed by atoms with Gasteiger partial charge in [0.05, 0.1) is 5.52 Å². The molecule has 2 N–H and O–H groups in total. The van der Waals surface area contributed by atoms with Crippen molar-refractivity contribution in [2.45, 2.75) is 19.8 Å². The first kappa shape index (κ1) is 9.00. The summed E-state index contributed by atoms with van der Waals surface area (Å²) in [7, 11) is 0. The zero-order valence-corrected chi connectivity index (χ0v) is 8.33. The van der Waals surface area contributed by atoms with Crippen molar-refractivity contribution in [3.63, 3.8) is 0 Å². The van der Waals surface area contributed by atoms with E-state index >= 15 is 0 Å². The predicted molar refractivity (Wildman–Crippen MR) is 60.2 cm³/mol. The van der Waals surface area contributed by atoms with E-state index in [1.54, 1.807) is 0 Å². The fraction of sp³-hybridized carbons (Fsp3) is 0.250. The molecule has 14 heavy (non-hydrogen) atoms. The summed E-state index contributed by atoms with van der Waals surface area (Å²) in [5.41, 5.74) is 7.99. The first-order valence-corrected chi connectivity index (χ1v) is 4.95. The van der Waals surface area contributed by atoms with Crippen LogP contribution in [-0.2, 0) is 6.42 Å². The highest BCUT2D eigenvalue weighted by atomic mass is 14.8. The minimum absolute atomic E-state index is 0.589. The quantitative estimate of drug-likeness (QED) is 0.783. The number of hydrogen-bond acceptors (Lipinski definition) is 2. The van der Waals surface area contributed by atoms with Crippen LogP contribution in [0, 0.1) is 0 Å². The number of nitrogen functional groups attached to an aromatic ring is 1. The molecule has 2 aromatic rings. The summed E-state index contributed by atoms with van der Waals surface area (Å²) in [5.74, 6) is 0.589. The van der Waals surface area contributed by atoms with Gasteiger partial charge in [0, 0.05) is 5.39 Å². The van der Waals surface area contributed by atoms with Crippen LogP contribution < -0.4 is 5.73 Å². The van der Waals surface area contributed by atoms with Crippen LogP contribution in [0.4, 0.5) is 5.82 Å². The lowest BCUT2D eigenvalue weighted by Gasteiger charge is -2.04. The van der Waals surface area contributed by atoms with Crippen molar-refractivity contribution >= 4 is 16.7 Å². The molecule has 0 radical (unpaired) electrons. The summed E-state index contributed by atoms with van der Waals surface area (Å²) in [6.45, 7) is 2.18. The molecule has 1 aromatic carbocycles. The number of hydrogen-bond donors (Lipinski definition) is 1. The maximum Gasteiger partial charge on any atom is 0.124 e. The fourth-order valence-corrected chi connectivity index (χ4v) is 1.72. The van der Waals surface area contributed by atoms with Crippen LogP contribution >= 0.6 is 0 Å². The highest BCUT2D eigenvalue weighted by molar-refractivity contribution is 5.83. The summed E-state index contributed by atoms with van der Waals surface area (Å²) in [6, 6.07) is 10.1. The van der Waals surface area contributed by atoms with Gasteiger partial charge in [-0.3, -0.25) is 0 Å². The van der Waals surface area contributed by atoms with E-state index in [1.807, 2.05) is 18.2 Å². The van der Waals surface area contributed by atoms with Crippen molar-refractivity contribution in [3.8, 4) is 0 Å². The molecule has 2 rings (SSSR count). The van der Waals surface area contributed by atoms with E-state index in [2.05, 4.69) is 24.0 Å².